The molecule has 0 saturated heterocycles. The summed E-state index contributed by atoms with van der Waals surface area (Å²) in [6.07, 6.45) is 0.139. The fourth-order valence-electron chi connectivity index (χ4n) is 3.21. The number of carbonyl (C=O) groups excluding carboxylic acids is 1. The minimum Gasteiger partial charge on any atom is -0.490 e. The van der Waals surface area contributed by atoms with Crippen LogP contribution in [0.25, 0.3) is 21.5 Å². The van der Waals surface area contributed by atoms with Crippen molar-refractivity contribution in [3.63, 3.8) is 0 Å². The highest BCUT2D eigenvalue weighted by Gasteiger charge is 2.17. The first-order valence-electron chi connectivity index (χ1n) is 9.68. The van der Waals surface area contributed by atoms with Crippen molar-refractivity contribution in [1.29, 1.82) is 0 Å². The van der Waals surface area contributed by atoms with E-state index < -0.39 is 0 Å². The Hall–Kier alpha value is -3.19. The van der Waals surface area contributed by atoms with Crippen molar-refractivity contribution in [2.75, 3.05) is 6.61 Å². The summed E-state index contributed by atoms with van der Waals surface area (Å²) in [6.45, 7) is 4.34. The van der Waals surface area contributed by atoms with Gasteiger partial charge in [0.1, 0.15) is 16.6 Å². The maximum Gasteiger partial charge on any atom is 0.226 e. The van der Waals surface area contributed by atoms with E-state index >= 15 is 0 Å². The van der Waals surface area contributed by atoms with E-state index in [0.29, 0.717) is 40.0 Å². The molecule has 1 atom stereocenters. The molecular formula is C23H21FN2O3S. The Kier molecular flexibility index (Phi) is 5.81. The van der Waals surface area contributed by atoms with Gasteiger partial charge in [0.2, 0.25) is 5.91 Å². The number of amides is 1. The number of carbonyl (C=O) groups is 1. The fraction of sp³-hybridized carbons (Fsp3) is 0.217. The van der Waals surface area contributed by atoms with E-state index in [1.165, 1.54) is 23.5 Å². The lowest BCUT2D eigenvalue weighted by molar-refractivity contribution is -0.121. The number of aromatic nitrogens is 1. The minimum atomic E-state index is -0.311. The van der Waals surface area contributed by atoms with Gasteiger partial charge in [-0.05, 0) is 38.1 Å². The highest BCUT2D eigenvalue weighted by atomic mass is 32.1. The van der Waals surface area contributed by atoms with E-state index in [1.54, 1.807) is 12.1 Å². The number of nitrogens with one attached hydrogen (secondary N) is 1. The van der Waals surface area contributed by atoms with Gasteiger partial charge in [0, 0.05) is 16.3 Å². The van der Waals surface area contributed by atoms with Crippen LogP contribution in [0, 0.1) is 5.82 Å². The quantitative estimate of drug-likeness (QED) is 0.425. The molecule has 1 unspecified atom stereocenters. The van der Waals surface area contributed by atoms with Gasteiger partial charge in [-0.25, -0.2) is 9.37 Å². The number of halogens is 1. The van der Waals surface area contributed by atoms with Crippen molar-refractivity contribution in [2.45, 2.75) is 26.3 Å². The zero-order chi connectivity index (χ0) is 21.1. The summed E-state index contributed by atoms with van der Waals surface area (Å²) in [4.78, 5) is 17.0. The second kappa shape index (κ2) is 8.67. The molecule has 2 aromatic heterocycles. The lowest BCUT2D eigenvalue weighted by Crippen LogP contribution is -2.27. The van der Waals surface area contributed by atoms with Crippen molar-refractivity contribution in [1.82, 2.24) is 10.3 Å². The van der Waals surface area contributed by atoms with Gasteiger partial charge in [0.25, 0.3) is 0 Å². The monoisotopic (exact) mass is 424 g/mol. The second-order valence-corrected chi connectivity index (χ2v) is 7.73. The first-order chi connectivity index (χ1) is 14.5. The fourth-order valence-corrected chi connectivity index (χ4v) is 4.03. The number of rotatable bonds is 7. The normalized spacial score (nSPS) is 12.1. The second-order valence-electron chi connectivity index (χ2n) is 6.88. The van der Waals surface area contributed by atoms with Gasteiger partial charge in [0.15, 0.2) is 11.3 Å². The molecule has 0 radical (unpaired) electrons. The highest BCUT2D eigenvalue weighted by molar-refractivity contribution is 7.13. The van der Waals surface area contributed by atoms with Crippen LogP contribution in [0.2, 0.25) is 0 Å². The van der Waals surface area contributed by atoms with Crippen molar-refractivity contribution in [2.24, 2.45) is 0 Å². The maximum atomic E-state index is 13.4. The average Bonchev–Trinajstić information content (AvgIpc) is 3.36. The molecule has 4 rings (SSSR count). The van der Waals surface area contributed by atoms with Crippen molar-refractivity contribution < 1.29 is 18.3 Å². The molecule has 0 aliphatic heterocycles. The molecule has 154 valence electrons. The third-order valence-electron chi connectivity index (χ3n) is 4.60. The van der Waals surface area contributed by atoms with Crippen LogP contribution in [-0.2, 0) is 11.2 Å². The van der Waals surface area contributed by atoms with E-state index in [0.717, 1.165) is 5.39 Å². The Labute approximate surface area is 177 Å². The van der Waals surface area contributed by atoms with Gasteiger partial charge in [-0.3, -0.25) is 4.79 Å². The lowest BCUT2D eigenvalue weighted by Gasteiger charge is -2.10. The van der Waals surface area contributed by atoms with Crippen LogP contribution in [0.1, 0.15) is 31.3 Å². The molecule has 1 N–H and O–H groups in total. The predicted octanol–water partition coefficient (Wildman–Crippen LogP) is 5.51. The summed E-state index contributed by atoms with van der Waals surface area (Å²) in [5.74, 6) is 0.870. The molecule has 2 heterocycles. The van der Waals surface area contributed by atoms with Gasteiger partial charge in [-0.15, -0.1) is 11.3 Å². The molecule has 0 fully saturated rings. The van der Waals surface area contributed by atoms with Crippen LogP contribution in [0.4, 0.5) is 4.39 Å². The number of thiazole rings is 1. The summed E-state index contributed by atoms with van der Waals surface area (Å²) < 4.78 is 25.0. The Bertz CT molecular complexity index is 1180. The van der Waals surface area contributed by atoms with Crippen LogP contribution in [-0.4, -0.2) is 17.5 Å². The van der Waals surface area contributed by atoms with Gasteiger partial charge in [0.05, 0.1) is 24.8 Å². The number of hydrogen-bond acceptors (Lipinski definition) is 5. The Balaban J connectivity index is 1.43. The van der Waals surface area contributed by atoms with E-state index in [-0.39, 0.29) is 24.2 Å². The standard InChI is InChI=1S/C23H21FN2O3S/c1-3-28-19-9-5-6-15-11-20(29-22(15)19)14(2)25-21(27)12-18-13-30-23(26-18)16-7-4-8-17(24)10-16/h4-11,13-14H,3,12H2,1-2H3,(H,25,27). The molecule has 7 heteroatoms. The molecule has 5 nitrogen and oxygen atoms in total. The van der Waals surface area contributed by atoms with Gasteiger partial charge in [-0.2, -0.15) is 0 Å². The van der Waals surface area contributed by atoms with Crippen LogP contribution in [0.5, 0.6) is 5.75 Å². The van der Waals surface area contributed by atoms with E-state index in [4.69, 9.17) is 9.15 Å². The summed E-state index contributed by atoms with van der Waals surface area (Å²) in [5.41, 5.74) is 2.02. The number of ether oxygens (including phenoxy) is 1. The lowest BCUT2D eigenvalue weighted by atomic mass is 10.2. The van der Waals surface area contributed by atoms with Crippen LogP contribution >= 0.6 is 11.3 Å². The SMILES string of the molecule is CCOc1cccc2cc(C(C)NC(=O)Cc3csc(-c4cccc(F)c4)n3)oc12. The number of fused-ring (bicyclic) bond motifs is 1. The van der Waals surface area contributed by atoms with Gasteiger partial charge in [-0.1, -0.05) is 24.3 Å². The van der Waals surface area contributed by atoms with E-state index in [1.807, 2.05) is 43.5 Å². The topological polar surface area (TPSA) is 64.4 Å². The largest absolute Gasteiger partial charge is 0.490 e. The molecule has 4 aromatic rings. The number of para-hydroxylation sites is 1. The van der Waals surface area contributed by atoms with E-state index in [2.05, 4.69) is 10.3 Å². The van der Waals surface area contributed by atoms with Crippen LogP contribution in [0.15, 0.2) is 58.3 Å². The molecule has 0 spiro atoms. The first kappa shape index (κ1) is 20.1. The van der Waals surface area contributed by atoms with Crippen molar-refractivity contribution in [3.05, 3.63) is 71.2 Å². The molecular weight excluding hydrogens is 403 g/mol. The summed E-state index contributed by atoms with van der Waals surface area (Å²) >= 11 is 1.39. The molecule has 0 saturated carbocycles. The smallest absolute Gasteiger partial charge is 0.226 e. The molecule has 0 aliphatic carbocycles. The van der Waals surface area contributed by atoms with Gasteiger partial charge < -0.3 is 14.5 Å². The number of hydrogen-bond donors (Lipinski definition) is 1. The Morgan fingerprint density at radius 3 is 2.90 bits per heavy atom. The maximum absolute atomic E-state index is 13.4. The Morgan fingerprint density at radius 2 is 2.10 bits per heavy atom. The third-order valence-corrected chi connectivity index (χ3v) is 5.54. The summed E-state index contributed by atoms with van der Waals surface area (Å²) in [5, 5.41) is 6.38. The Morgan fingerprint density at radius 1 is 1.27 bits per heavy atom. The van der Waals surface area contributed by atoms with E-state index in [9.17, 15) is 9.18 Å². The highest BCUT2D eigenvalue weighted by Crippen LogP contribution is 2.31. The molecule has 0 aliphatic rings. The van der Waals surface area contributed by atoms with Crippen LogP contribution in [0.3, 0.4) is 0 Å². The summed E-state index contributed by atoms with van der Waals surface area (Å²) in [6, 6.07) is 13.6. The minimum absolute atomic E-state index is 0.139. The number of benzene rings is 2. The van der Waals surface area contributed by atoms with Crippen molar-refractivity contribution in [3.8, 4) is 16.3 Å². The predicted molar refractivity (Wildman–Crippen MR) is 115 cm³/mol. The zero-order valence-electron chi connectivity index (χ0n) is 16.6. The molecule has 30 heavy (non-hydrogen) atoms. The third kappa shape index (κ3) is 4.36. The summed E-state index contributed by atoms with van der Waals surface area (Å²) in [7, 11) is 0. The average molecular weight is 424 g/mol. The molecule has 1 amide bonds. The van der Waals surface area contributed by atoms with Crippen molar-refractivity contribution >= 4 is 28.2 Å². The first-order valence-corrected chi connectivity index (χ1v) is 10.6. The van der Waals surface area contributed by atoms with Gasteiger partial charge >= 0.3 is 0 Å². The van der Waals surface area contributed by atoms with Crippen LogP contribution < -0.4 is 10.1 Å². The number of furan rings is 1. The molecule has 2 aromatic carbocycles. The number of nitrogens with zero attached hydrogens (tertiary/aromatic N) is 1. The zero-order valence-corrected chi connectivity index (χ0v) is 17.5. The molecule has 0 bridgehead atoms.